The Labute approximate surface area is 254 Å². The summed E-state index contributed by atoms with van der Waals surface area (Å²) in [5.74, 6) is -5.94. The highest BCUT2D eigenvalue weighted by Crippen LogP contribution is 2.33. The number of benzene rings is 1. The van der Waals surface area contributed by atoms with Gasteiger partial charge in [0.25, 0.3) is 0 Å². The molecule has 0 spiro atoms. The Morgan fingerprint density at radius 2 is 1.41 bits per heavy atom. The predicted molar refractivity (Wildman–Crippen MR) is 160 cm³/mol. The largest absolute Gasteiger partial charge is 0.465 e. The van der Waals surface area contributed by atoms with Crippen LogP contribution in [0.5, 0.6) is 0 Å². The third-order valence-corrected chi connectivity index (χ3v) is 7.58. The third-order valence-electron chi connectivity index (χ3n) is 7.58. The molecule has 1 N–H and O–H groups in total. The van der Waals surface area contributed by atoms with E-state index in [0.29, 0.717) is 0 Å². The number of ether oxygens (including phenoxy) is 4. The number of carbonyl (C=O) groups excluding carboxylic acids is 4. The number of nitrogens with one attached hydrogen (secondary N) is 1. The SMILES string of the molecule is CCOC(=O)C1=C(C(=O)OCC)C(C(=O)OCC)C(C(=O)OCC)=c2oc3ccc(C)cc3c(=O)c2=C1NC1CCCCC1. The molecule has 1 heterocycles. The molecule has 2 aromatic rings. The van der Waals surface area contributed by atoms with Crippen LogP contribution in [-0.4, -0.2) is 56.3 Å². The van der Waals surface area contributed by atoms with Crippen LogP contribution in [0.15, 0.2) is 38.6 Å². The van der Waals surface area contributed by atoms with E-state index in [2.05, 4.69) is 5.32 Å². The molecule has 1 unspecified atom stereocenters. The second kappa shape index (κ2) is 14.4. The van der Waals surface area contributed by atoms with Gasteiger partial charge in [0.15, 0.2) is 5.42 Å². The minimum absolute atomic E-state index is 0.0702. The van der Waals surface area contributed by atoms with Gasteiger partial charge in [-0.3, -0.25) is 9.59 Å². The van der Waals surface area contributed by atoms with Gasteiger partial charge in [-0.2, -0.15) is 0 Å². The molecule has 1 saturated carbocycles. The normalized spacial score (nSPS) is 17.1. The Bertz CT molecular complexity index is 1680. The molecule has 2 aliphatic carbocycles. The molecule has 11 nitrogen and oxygen atoms in total. The molecule has 1 aromatic carbocycles. The van der Waals surface area contributed by atoms with Crippen LogP contribution in [0, 0.1) is 12.8 Å². The monoisotopic (exact) mass is 609 g/mol. The molecule has 0 saturated heterocycles. The molecule has 1 fully saturated rings. The van der Waals surface area contributed by atoms with Gasteiger partial charge >= 0.3 is 23.9 Å². The van der Waals surface area contributed by atoms with Gasteiger partial charge in [0.05, 0.1) is 59.4 Å². The highest BCUT2D eigenvalue weighted by atomic mass is 16.5. The van der Waals surface area contributed by atoms with Gasteiger partial charge in [-0.25, -0.2) is 14.4 Å². The zero-order valence-corrected chi connectivity index (χ0v) is 25.8. The zero-order valence-electron chi connectivity index (χ0n) is 25.8. The Hall–Kier alpha value is -4.41. The molecule has 11 heteroatoms. The molecule has 2 aliphatic rings. The molecule has 1 atom stereocenters. The van der Waals surface area contributed by atoms with Crippen molar-refractivity contribution >= 4 is 46.1 Å². The predicted octanol–water partition coefficient (Wildman–Crippen LogP) is 2.46. The second-order valence-electron chi connectivity index (χ2n) is 10.5. The van der Waals surface area contributed by atoms with Crippen molar-refractivity contribution in [2.45, 2.75) is 72.8 Å². The standard InChI is InChI=1S/C33H39NO10/c1-6-40-30(36)22-23(31(37)41-7-2)25(33(39)43-9-4)29-26(28(35)20-17-18(5)15-16-21(20)44-29)27(24(22)32(38)42-8-3)34-19-13-11-10-12-14-19/h15-17,19,23,34H,6-14H2,1-5H3. The van der Waals surface area contributed by atoms with E-state index in [1.54, 1.807) is 45.9 Å². The van der Waals surface area contributed by atoms with Crippen molar-refractivity contribution in [3.05, 3.63) is 55.8 Å². The number of hydrogen-bond donors (Lipinski definition) is 1. The Kier molecular flexibility index (Phi) is 10.6. The van der Waals surface area contributed by atoms with E-state index < -0.39 is 51.9 Å². The van der Waals surface area contributed by atoms with Crippen LogP contribution in [0.2, 0.25) is 0 Å². The van der Waals surface area contributed by atoms with Crippen LogP contribution in [0.4, 0.5) is 0 Å². The summed E-state index contributed by atoms with van der Waals surface area (Å²) in [5.41, 5.74) is -1.39. The maximum Gasteiger partial charge on any atom is 0.340 e. The molecule has 44 heavy (non-hydrogen) atoms. The number of carbonyl (C=O) groups is 4. The van der Waals surface area contributed by atoms with Crippen molar-refractivity contribution in [1.29, 1.82) is 0 Å². The second-order valence-corrected chi connectivity index (χ2v) is 10.5. The van der Waals surface area contributed by atoms with Crippen molar-refractivity contribution in [1.82, 2.24) is 5.32 Å². The van der Waals surface area contributed by atoms with Crippen LogP contribution < -0.4 is 21.4 Å². The Balaban J connectivity index is 2.35. The summed E-state index contributed by atoms with van der Waals surface area (Å²) in [6, 6.07) is 4.76. The van der Waals surface area contributed by atoms with Crippen LogP contribution in [0.3, 0.4) is 0 Å². The van der Waals surface area contributed by atoms with Gasteiger partial charge in [0.2, 0.25) is 5.43 Å². The molecule has 1 aromatic heterocycles. The first kappa shape index (κ1) is 32.5. The minimum Gasteiger partial charge on any atom is -0.465 e. The number of hydrogen-bond acceptors (Lipinski definition) is 11. The quantitative estimate of drug-likeness (QED) is 0.313. The van der Waals surface area contributed by atoms with Crippen LogP contribution in [0.1, 0.15) is 65.4 Å². The Morgan fingerprint density at radius 1 is 0.818 bits per heavy atom. The third kappa shape index (κ3) is 6.41. The lowest BCUT2D eigenvalue weighted by Crippen LogP contribution is -2.48. The highest BCUT2D eigenvalue weighted by molar-refractivity contribution is 6.22. The van der Waals surface area contributed by atoms with E-state index >= 15 is 0 Å². The highest BCUT2D eigenvalue weighted by Gasteiger charge is 2.45. The van der Waals surface area contributed by atoms with Crippen molar-refractivity contribution in [2.24, 2.45) is 5.92 Å². The van der Waals surface area contributed by atoms with E-state index in [-0.39, 0.29) is 59.8 Å². The van der Waals surface area contributed by atoms with Crippen LogP contribution in [0.25, 0.3) is 22.2 Å². The summed E-state index contributed by atoms with van der Waals surface area (Å²) < 4.78 is 27.8. The Morgan fingerprint density at radius 3 is 2.02 bits per heavy atom. The van der Waals surface area contributed by atoms with Crippen molar-refractivity contribution in [2.75, 3.05) is 26.4 Å². The summed E-state index contributed by atoms with van der Waals surface area (Å²) in [6.07, 6.45) is 4.27. The first-order valence-corrected chi connectivity index (χ1v) is 15.2. The summed E-state index contributed by atoms with van der Waals surface area (Å²) in [7, 11) is 0. The zero-order chi connectivity index (χ0) is 32.0. The number of esters is 4. The fraction of sp³-hybridized carbons (Fsp3) is 0.485. The van der Waals surface area contributed by atoms with Gasteiger partial charge in [-0.05, 0) is 59.6 Å². The van der Waals surface area contributed by atoms with E-state index in [4.69, 9.17) is 23.4 Å². The van der Waals surface area contributed by atoms with Gasteiger partial charge < -0.3 is 28.7 Å². The maximum atomic E-state index is 14.5. The first-order valence-electron chi connectivity index (χ1n) is 15.2. The van der Waals surface area contributed by atoms with Crippen molar-refractivity contribution in [3.8, 4) is 0 Å². The van der Waals surface area contributed by atoms with Gasteiger partial charge in [-0.1, -0.05) is 30.9 Å². The van der Waals surface area contributed by atoms with Crippen molar-refractivity contribution in [3.63, 3.8) is 0 Å². The van der Waals surface area contributed by atoms with Gasteiger partial charge in [0, 0.05) is 6.04 Å². The molecule has 4 rings (SSSR count). The lowest BCUT2D eigenvalue weighted by molar-refractivity contribution is -0.150. The number of fused-ring (bicyclic) bond motifs is 2. The summed E-state index contributed by atoms with van der Waals surface area (Å²) in [5, 5.41) is 3.34. The summed E-state index contributed by atoms with van der Waals surface area (Å²) in [6.45, 7) is 7.71. The maximum absolute atomic E-state index is 14.5. The number of aryl methyl sites for hydroxylation is 1. The smallest absolute Gasteiger partial charge is 0.340 e. The first-order chi connectivity index (χ1) is 21.2. The van der Waals surface area contributed by atoms with Gasteiger partial charge in [0.1, 0.15) is 11.5 Å². The minimum atomic E-state index is -1.84. The lowest BCUT2D eigenvalue weighted by Gasteiger charge is -2.27. The van der Waals surface area contributed by atoms with E-state index in [1.807, 2.05) is 6.92 Å². The molecule has 0 bridgehead atoms. The summed E-state index contributed by atoms with van der Waals surface area (Å²) >= 11 is 0. The topological polar surface area (TPSA) is 147 Å². The van der Waals surface area contributed by atoms with E-state index in [9.17, 15) is 24.0 Å². The van der Waals surface area contributed by atoms with Crippen LogP contribution >= 0.6 is 0 Å². The molecule has 0 aliphatic heterocycles. The van der Waals surface area contributed by atoms with Crippen molar-refractivity contribution < 1.29 is 42.5 Å². The van der Waals surface area contributed by atoms with E-state index in [0.717, 1.165) is 37.7 Å². The van der Waals surface area contributed by atoms with E-state index in [1.165, 1.54) is 0 Å². The average Bonchev–Trinajstić information content (AvgIpc) is 3.11. The summed E-state index contributed by atoms with van der Waals surface area (Å²) in [4.78, 5) is 69.9. The fourth-order valence-electron chi connectivity index (χ4n) is 5.73. The fourth-order valence-corrected chi connectivity index (χ4v) is 5.73. The average molecular weight is 610 g/mol. The van der Waals surface area contributed by atoms with Crippen LogP contribution in [-0.2, 0) is 38.1 Å². The lowest BCUT2D eigenvalue weighted by atomic mass is 9.87. The number of rotatable bonds is 10. The molecular weight excluding hydrogens is 570 g/mol. The molecule has 0 radical (unpaired) electrons. The molecule has 236 valence electrons. The van der Waals surface area contributed by atoms with Gasteiger partial charge in [-0.15, -0.1) is 0 Å². The molecule has 0 amide bonds. The molecular formula is C33H39NO10.